The summed E-state index contributed by atoms with van der Waals surface area (Å²) in [6.07, 6.45) is 1.75. The lowest BCUT2D eigenvalue weighted by molar-refractivity contribution is -0.121. The zero-order chi connectivity index (χ0) is 20.1. The molecule has 0 saturated carbocycles. The van der Waals surface area contributed by atoms with Crippen LogP contribution in [0.3, 0.4) is 0 Å². The highest BCUT2D eigenvalue weighted by molar-refractivity contribution is 7.92. The Morgan fingerprint density at radius 1 is 1.11 bits per heavy atom. The topological polar surface area (TPSA) is 84.9 Å². The summed E-state index contributed by atoms with van der Waals surface area (Å²) < 4.78 is 36.9. The molecule has 0 spiro atoms. The van der Waals surface area contributed by atoms with Crippen molar-refractivity contribution in [2.75, 3.05) is 30.3 Å². The molecule has 8 heteroatoms. The number of nitrogens with zero attached hydrogens (tertiary/aromatic N) is 1. The van der Waals surface area contributed by atoms with Crippen LogP contribution in [0.1, 0.15) is 12.5 Å². The number of hydrogen-bond acceptors (Lipinski definition) is 5. The number of nitrogens with one attached hydrogen (secondary N) is 1. The van der Waals surface area contributed by atoms with Crippen LogP contribution in [0.5, 0.6) is 11.5 Å². The van der Waals surface area contributed by atoms with Gasteiger partial charge in [-0.05, 0) is 31.0 Å². The third kappa shape index (κ3) is 4.75. The van der Waals surface area contributed by atoms with Gasteiger partial charge in [-0.1, -0.05) is 30.3 Å². The molecule has 3 rings (SSSR count). The van der Waals surface area contributed by atoms with Gasteiger partial charge in [-0.2, -0.15) is 0 Å². The molecule has 1 aliphatic heterocycles. The number of amides is 1. The molecular weight excluding hydrogens is 380 g/mol. The minimum absolute atomic E-state index is 0.359. The van der Waals surface area contributed by atoms with Crippen LogP contribution in [-0.4, -0.2) is 46.4 Å². The first-order chi connectivity index (χ1) is 13.4. The van der Waals surface area contributed by atoms with Crippen LogP contribution in [0.4, 0.5) is 5.69 Å². The number of anilines is 1. The first-order valence-corrected chi connectivity index (χ1v) is 10.9. The highest BCUT2D eigenvalue weighted by Gasteiger charge is 2.30. The summed E-state index contributed by atoms with van der Waals surface area (Å²) in [6.45, 7) is 2.83. The largest absolute Gasteiger partial charge is 0.486 e. The van der Waals surface area contributed by atoms with Gasteiger partial charge < -0.3 is 14.8 Å². The Morgan fingerprint density at radius 2 is 1.79 bits per heavy atom. The van der Waals surface area contributed by atoms with Crippen molar-refractivity contribution < 1.29 is 22.7 Å². The Hall–Kier alpha value is -2.74. The third-order valence-electron chi connectivity index (χ3n) is 4.42. The second-order valence-corrected chi connectivity index (χ2v) is 8.45. The Morgan fingerprint density at radius 3 is 2.46 bits per heavy atom. The molecule has 0 bridgehead atoms. The van der Waals surface area contributed by atoms with Crippen LogP contribution in [0.2, 0.25) is 0 Å². The summed E-state index contributed by atoms with van der Waals surface area (Å²) in [5, 5.41) is 2.81. The lowest BCUT2D eigenvalue weighted by Crippen LogP contribution is -2.48. The van der Waals surface area contributed by atoms with Crippen LogP contribution in [-0.2, 0) is 21.2 Å². The van der Waals surface area contributed by atoms with E-state index in [9.17, 15) is 13.2 Å². The van der Waals surface area contributed by atoms with Crippen molar-refractivity contribution in [3.05, 3.63) is 54.1 Å². The summed E-state index contributed by atoms with van der Waals surface area (Å²) in [4.78, 5) is 12.6. The maximum absolute atomic E-state index is 12.6. The molecule has 1 heterocycles. The first kappa shape index (κ1) is 20.0. The van der Waals surface area contributed by atoms with Crippen molar-refractivity contribution in [2.24, 2.45) is 0 Å². The number of sulfonamides is 1. The molecule has 0 aliphatic carbocycles. The smallest absolute Gasteiger partial charge is 0.243 e. The second kappa shape index (κ2) is 8.52. The second-order valence-electron chi connectivity index (χ2n) is 6.59. The molecule has 1 amide bonds. The van der Waals surface area contributed by atoms with Gasteiger partial charge in [0, 0.05) is 12.6 Å². The van der Waals surface area contributed by atoms with Crippen molar-refractivity contribution in [1.82, 2.24) is 5.32 Å². The monoisotopic (exact) mass is 404 g/mol. The number of fused-ring (bicyclic) bond motifs is 1. The fourth-order valence-electron chi connectivity index (χ4n) is 3.10. The zero-order valence-electron chi connectivity index (χ0n) is 15.9. The first-order valence-electron chi connectivity index (χ1n) is 9.07. The van der Waals surface area contributed by atoms with Gasteiger partial charge in [0.05, 0.1) is 11.9 Å². The van der Waals surface area contributed by atoms with E-state index in [-0.39, 0.29) is 5.91 Å². The average molecular weight is 404 g/mol. The van der Waals surface area contributed by atoms with E-state index in [4.69, 9.17) is 9.47 Å². The van der Waals surface area contributed by atoms with Crippen LogP contribution in [0.15, 0.2) is 48.5 Å². The number of ether oxygens (including phenoxy) is 2. The number of hydrogen-bond donors (Lipinski definition) is 1. The molecule has 1 N–H and O–H groups in total. The minimum Gasteiger partial charge on any atom is -0.486 e. The Kier molecular flexibility index (Phi) is 6.08. The molecule has 7 nitrogen and oxygen atoms in total. The van der Waals surface area contributed by atoms with Crippen molar-refractivity contribution in [3.63, 3.8) is 0 Å². The fourth-order valence-corrected chi connectivity index (χ4v) is 4.27. The van der Waals surface area contributed by atoms with Crippen LogP contribution in [0.25, 0.3) is 0 Å². The third-order valence-corrected chi connectivity index (χ3v) is 5.67. The van der Waals surface area contributed by atoms with Gasteiger partial charge in [0.2, 0.25) is 15.9 Å². The Balaban J connectivity index is 1.73. The van der Waals surface area contributed by atoms with E-state index in [2.05, 4.69) is 5.32 Å². The summed E-state index contributed by atoms with van der Waals surface area (Å²) >= 11 is 0. The maximum atomic E-state index is 12.6. The number of rotatable bonds is 7. The Bertz CT molecular complexity index is 931. The lowest BCUT2D eigenvalue weighted by atomic mass is 10.1. The highest BCUT2D eigenvalue weighted by atomic mass is 32.2. The number of carbonyl (C=O) groups is 1. The summed E-state index contributed by atoms with van der Waals surface area (Å²) in [7, 11) is -3.69. The lowest BCUT2D eigenvalue weighted by Gasteiger charge is -2.29. The van der Waals surface area contributed by atoms with E-state index in [1.54, 1.807) is 25.1 Å². The van der Waals surface area contributed by atoms with Crippen molar-refractivity contribution in [3.8, 4) is 11.5 Å². The van der Waals surface area contributed by atoms with Gasteiger partial charge in [-0.15, -0.1) is 0 Å². The fraction of sp³-hybridized carbons (Fsp3) is 0.350. The van der Waals surface area contributed by atoms with Gasteiger partial charge in [-0.3, -0.25) is 9.10 Å². The number of carbonyl (C=O) groups excluding carboxylic acids is 1. The molecule has 0 saturated heterocycles. The van der Waals surface area contributed by atoms with E-state index >= 15 is 0 Å². The van der Waals surface area contributed by atoms with E-state index in [1.807, 2.05) is 30.3 Å². The molecule has 0 radical (unpaired) electrons. The molecule has 28 heavy (non-hydrogen) atoms. The molecule has 0 fully saturated rings. The minimum atomic E-state index is -3.69. The predicted molar refractivity (Wildman–Crippen MR) is 107 cm³/mol. The quantitative estimate of drug-likeness (QED) is 0.763. The van der Waals surface area contributed by atoms with E-state index in [0.717, 1.165) is 16.1 Å². The molecule has 2 aromatic carbocycles. The predicted octanol–water partition coefficient (Wildman–Crippen LogP) is 1.97. The molecule has 150 valence electrons. The van der Waals surface area contributed by atoms with Crippen LogP contribution < -0.4 is 19.1 Å². The zero-order valence-corrected chi connectivity index (χ0v) is 16.7. The van der Waals surface area contributed by atoms with Gasteiger partial charge >= 0.3 is 0 Å². The molecule has 2 aromatic rings. The molecule has 0 aromatic heterocycles. The average Bonchev–Trinajstić information content (AvgIpc) is 2.67. The molecule has 0 unspecified atom stereocenters. The molecule has 1 atom stereocenters. The van der Waals surface area contributed by atoms with Gasteiger partial charge in [0.15, 0.2) is 11.5 Å². The highest BCUT2D eigenvalue weighted by Crippen LogP contribution is 2.35. The summed E-state index contributed by atoms with van der Waals surface area (Å²) in [5.41, 5.74) is 1.46. The summed E-state index contributed by atoms with van der Waals surface area (Å²) in [5.74, 6) is 0.661. The van der Waals surface area contributed by atoms with E-state index in [1.165, 1.54) is 0 Å². The Labute approximate surface area is 165 Å². The SMILES string of the molecule is C[C@@H](C(=O)NCCc1ccccc1)N(c1ccc2c(c1)OCCO2)S(C)(=O)=O. The summed E-state index contributed by atoms with van der Waals surface area (Å²) in [6, 6.07) is 13.7. The van der Waals surface area contributed by atoms with Gasteiger partial charge in [0.25, 0.3) is 0 Å². The van der Waals surface area contributed by atoms with Crippen molar-refractivity contribution >= 4 is 21.6 Å². The standard InChI is InChI=1S/C20H24N2O5S/c1-15(20(23)21-11-10-16-6-4-3-5-7-16)22(28(2,24)25)17-8-9-18-19(14-17)27-13-12-26-18/h3-9,14-15H,10-13H2,1-2H3,(H,21,23)/t15-/m0/s1. The van der Waals surface area contributed by atoms with Crippen LogP contribution in [0, 0.1) is 0 Å². The normalized spacial score (nSPS) is 14.2. The number of benzene rings is 2. The molecular formula is C20H24N2O5S. The van der Waals surface area contributed by atoms with Crippen molar-refractivity contribution in [1.29, 1.82) is 0 Å². The van der Waals surface area contributed by atoms with Crippen LogP contribution >= 0.6 is 0 Å². The van der Waals surface area contributed by atoms with Gasteiger partial charge in [0.1, 0.15) is 19.3 Å². The van der Waals surface area contributed by atoms with Crippen molar-refractivity contribution in [2.45, 2.75) is 19.4 Å². The van der Waals surface area contributed by atoms with E-state index in [0.29, 0.717) is 43.4 Å². The maximum Gasteiger partial charge on any atom is 0.243 e. The van der Waals surface area contributed by atoms with E-state index < -0.39 is 16.1 Å². The van der Waals surface area contributed by atoms with Gasteiger partial charge in [-0.25, -0.2) is 8.42 Å². The molecule has 1 aliphatic rings.